The summed E-state index contributed by atoms with van der Waals surface area (Å²) in [4.78, 5) is 0. The Kier molecular flexibility index (Phi) is 5.94. The van der Waals surface area contributed by atoms with Gasteiger partial charge >= 0.3 is 0 Å². The third kappa shape index (κ3) is 4.04. The monoisotopic (exact) mass is 216 g/mol. The van der Waals surface area contributed by atoms with Gasteiger partial charge in [0.15, 0.2) is 0 Å². The normalized spacial score (nSPS) is 10.9. The molecule has 62 valence electrons. The molecular formula is C9H13BrO. The summed E-state index contributed by atoms with van der Waals surface area (Å²) in [7, 11) is 1.63. The smallest absolute Gasteiger partial charge is 0.121 e. The van der Waals surface area contributed by atoms with Crippen LogP contribution in [0.2, 0.25) is 0 Å². The van der Waals surface area contributed by atoms with Gasteiger partial charge in [0.2, 0.25) is 0 Å². The molecule has 0 spiro atoms. The molecule has 0 rings (SSSR count). The summed E-state index contributed by atoms with van der Waals surface area (Å²) in [6, 6.07) is 0. The van der Waals surface area contributed by atoms with Crippen LogP contribution in [-0.4, -0.2) is 12.4 Å². The first-order valence-corrected chi connectivity index (χ1v) is 4.49. The van der Waals surface area contributed by atoms with Gasteiger partial charge in [-0.25, -0.2) is 0 Å². The lowest BCUT2D eigenvalue weighted by molar-refractivity contribution is 0.299. The highest BCUT2D eigenvalue weighted by Crippen LogP contribution is 2.13. The highest BCUT2D eigenvalue weighted by molar-refractivity contribution is 9.09. The lowest BCUT2D eigenvalue weighted by Gasteiger charge is -2.06. The van der Waals surface area contributed by atoms with Crippen LogP contribution < -0.4 is 0 Å². The molecule has 0 aromatic rings. The highest BCUT2D eigenvalue weighted by atomic mass is 79.9. The Morgan fingerprint density at radius 3 is 2.64 bits per heavy atom. The van der Waals surface area contributed by atoms with E-state index in [1.165, 1.54) is 0 Å². The number of methoxy groups -OCH3 is 1. The van der Waals surface area contributed by atoms with Crippen LogP contribution >= 0.6 is 15.9 Å². The van der Waals surface area contributed by atoms with Gasteiger partial charge in [-0.2, -0.15) is 0 Å². The van der Waals surface area contributed by atoms with Crippen molar-refractivity contribution in [3.05, 3.63) is 36.6 Å². The van der Waals surface area contributed by atoms with Crippen LogP contribution in [0.4, 0.5) is 0 Å². The van der Waals surface area contributed by atoms with Crippen LogP contribution in [0.15, 0.2) is 36.6 Å². The molecule has 11 heavy (non-hydrogen) atoms. The second kappa shape index (κ2) is 6.23. The number of allylic oxidation sites excluding steroid dienone is 3. The van der Waals surface area contributed by atoms with Crippen molar-refractivity contribution in [1.82, 2.24) is 0 Å². The molecule has 0 aliphatic rings. The maximum atomic E-state index is 5.07. The van der Waals surface area contributed by atoms with Crippen molar-refractivity contribution in [2.75, 3.05) is 12.4 Å². The standard InChI is InChI=1S/C9H13BrO/c1-4-5-9(11-3)8(2)6-7-10/h4-5H,1-2,6-7H2,3H3/b9-5+. The van der Waals surface area contributed by atoms with Gasteiger partial charge in [-0.15, -0.1) is 0 Å². The fourth-order valence-electron chi connectivity index (χ4n) is 0.675. The van der Waals surface area contributed by atoms with Crippen molar-refractivity contribution in [2.24, 2.45) is 0 Å². The number of ether oxygens (including phenoxy) is 1. The molecular weight excluding hydrogens is 204 g/mol. The quantitative estimate of drug-likeness (QED) is 0.390. The topological polar surface area (TPSA) is 9.23 Å². The van der Waals surface area contributed by atoms with E-state index < -0.39 is 0 Å². The summed E-state index contributed by atoms with van der Waals surface area (Å²) in [5, 5.41) is 0.906. The zero-order chi connectivity index (χ0) is 8.69. The van der Waals surface area contributed by atoms with Gasteiger partial charge in [0.05, 0.1) is 7.11 Å². The molecule has 0 unspecified atom stereocenters. The van der Waals surface area contributed by atoms with E-state index in [1.54, 1.807) is 13.2 Å². The third-order valence-corrected chi connectivity index (χ3v) is 1.63. The summed E-state index contributed by atoms with van der Waals surface area (Å²) in [6.07, 6.45) is 4.40. The van der Waals surface area contributed by atoms with Crippen LogP contribution in [-0.2, 0) is 4.74 Å². The van der Waals surface area contributed by atoms with Gasteiger partial charge < -0.3 is 4.74 Å². The first-order valence-electron chi connectivity index (χ1n) is 3.37. The molecule has 0 radical (unpaired) electrons. The number of hydrogen-bond donors (Lipinski definition) is 0. The highest BCUT2D eigenvalue weighted by Gasteiger charge is 1.99. The van der Waals surface area contributed by atoms with Crippen LogP contribution in [0.3, 0.4) is 0 Å². The molecule has 0 aliphatic carbocycles. The Labute approximate surface area is 76.6 Å². The molecule has 2 heteroatoms. The third-order valence-electron chi connectivity index (χ3n) is 1.23. The molecule has 0 fully saturated rings. The van der Waals surface area contributed by atoms with E-state index in [-0.39, 0.29) is 0 Å². The van der Waals surface area contributed by atoms with E-state index in [4.69, 9.17) is 4.74 Å². The maximum Gasteiger partial charge on any atom is 0.121 e. The second-order valence-electron chi connectivity index (χ2n) is 2.01. The zero-order valence-corrected chi connectivity index (χ0v) is 8.36. The first kappa shape index (κ1) is 10.5. The summed E-state index contributed by atoms with van der Waals surface area (Å²) >= 11 is 3.33. The average molecular weight is 217 g/mol. The Morgan fingerprint density at radius 2 is 2.27 bits per heavy atom. The number of rotatable bonds is 5. The largest absolute Gasteiger partial charge is 0.497 e. The van der Waals surface area contributed by atoms with E-state index in [2.05, 4.69) is 29.1 Å². The summed E-state index contributed by atoms with van der Waals surface area (Å²) in [6.45, 7) is 7.44. The first-order chi connectivity index (χ1) is 5.26. The van der Waals surface area contributed by atoms with Crippen molar-refractivity contribution >= 4 is 15.9 Å². The Bertz CT molecular complexity index is 170. The van der Waals surface area contributed by atoms with Crippen LogP contribution in [0, 0.1) is 0 Å². The Morgan fingerprint density at radius 1 is 1.64 bits per heavy atom. The van der Waals surface area contributed by atoms with Crippen LogP contribution in [0.1, 0.15) is 6.42 Å². The van der Waals surface area contributed by atoms with Crippen LogP contribution in [0.25, 0.3) is 0 Å². The van der Waals surface area contributed by atoms with Crippen molar-refractivity contribution in [1.29, 1.82) is 0 Å². The number of halogens is 1. The van der Waals surface area contributed by atoms with Gasteiger partial charge in [0, 0.05) is 5.33 Å². The minimum atomic E-state index is 0.805. The molecule has 0 heterocycles. The van der Waals surface area contributed by atoms with E-state index >= 15 is 0 Å². The second-order valence-corrected chi connectivity index (χ2v) is 2.81. The average Bonchev–Trinajstić information content (AvgIpc) is 2.00. The van der Waals surface area contributed by atoms with Gasteiger partial charge in [-0.3, -0.25) is 0 Å². The molecule has 0 bridgehead atoms. The van der Waals surface area contributed by atoms with E-state index in [0.717, 1.165) is 23.1 Å². The van der Waals surface area contributed by atoms with Crippen LogP contribution in [0.5, 0.6) is 0 Å². The van der Waals surface area contributed by atoms with Gasteiger partial charge in [0.25, 0.3) is 0 Å². The fraction of sp³-hybridized carbons (Fsp3) is 0.333. The molecule has 0 saturated carbocycles. The molecule has 0 atom stereocenters. The summed E-state index contributed by atoms with van der Waals surface area (Å²) < 4.78 is 5.07. The molecule has 0 saturated heterocycles. The van der Waals surface area contributed by atoms with Gasteiger partial charge in [-0.1, -0.05) is 35.2 Å². The predicted molar refractivity (Wildman–Crippen MR) is 52.8 cm³/mol. The maximum absolute atomic E-state index is 5.07. The van der Waals surface area contributed by atoms with Gasteiger partial charge in [-0.05, 0) is 18.1 Å². The summed E-state index contributed by atoms with van der Waals surface area (Å²) in [5.74, 6) is 0.805. The lowest BCUT2D eigenvalue weighted by Crippen LogP contribution is -1.91. The van der Waals surface area contributed by atoms with Crippen molar-refractivity contribution in [3.63, 3.8) is 0 Å². The molecule has 0 aromatic heterocycles. The number of hydrogen-bond acceptors (Lipinski definition) is 1. The summed E-state index contributed by atoms with van der Waals surface area (Å²) in [5.41, 5.74) is 0.990. The SMILES string of the molecule is C=C/C=C(/OC)C(=C)CCBr. The fourth-order valence-corrected chi connectivity index (χ4v) is 1.15. The molecule has 0 amide bonds. The van der Waals surface area contributed by atoms with E-state index in [1.807, 2.05) is 6.08 Å². The van der Waals surface area contributed by atoms with E-state index in [9.17, 15) is 0 Å². The Balaban J connectivity index is 4.13. The predicted octanol–water partition coefficient (Wildman–Crippen LogP) is 3.04. The zero-order valence-electron chi connectivity index (χ0n) is 6.77. The molecule has 0 aliphatic heterocycles. The van der Waals surface area contributed by atoms with E-state index in [0.29, 0.717) is 0 Å². The van der Waals surface area contributed by atoms with Crippen molar-refractivity contribution in [2.45, 2.75) is 6.42 Å². The van der Waals surface area contributed by atoms with Gasteiger partial charge in [0.1, 0.15) is 5.76 Å². The number of alkyl halides is 1. The minimum Gasteiger partial charge on any atom is -0.497 e. The molecule has 0 N–H and O–H groups in total. The minimum absolute atomic E-state index is 0.805. The molecule has 0 aromatic carbocycles. The van der Waals surface area contributed by atoms with Crippen molar-refractivity contribution < 1.29 is 4.74 Å². The van der Waals surface area contributed by atoms with Crippen molar-refractivity contribution in [3.8, 4) is 0 Å². The Hall–Kier alpha value is -0.500. The molecule has 1 nitrogen and oxygen atoms in total. The lowest BCUT2D eigenvalue weighted by atomic mass is 10.2.